The summed E-state index contributed by atoms with van der Waals surface area (Å²) < 4.78 is 5.89. The van der Waals surface area contributed by atoms with Gasteiger partial charge in [-0.05, 0) is 55.4 Å². The van der Waals surface area contributed by atoms with Crippen molar-refractivity contribution in [3.8, 4) is 22.5 Å². The molecule has 0 bridgehead atoms. The topological polar surface area (TPSA) is 51.8 Å². The molecule has 0 saturated carbocycles. The van der Waals surface area contributed by atoms with Crippen molar-refractivity contribution in [2.24, 2.45) is 0 Å². The van der Waals surface area contributed by atoms with E-state index in [1.165, 1.54) is 11.1 Å². The number of aryl methyl sites for hydroxylation is 3. The van der Waals surface area contributed by atoms with Gasteiger partial charge in [0.1, 0.15) is 0 Å². The Morgan fingerprint density at radius 2 is 1.57 bits per heavy atom. The molecule has 2 aromatic carbocycles. The molecule has 0 unspecified atom stereocenters. The van der Waals surface area contributed by atoms with E-state index < -0.39 is 0 Å². The fraction of sp³-hybridized carbons (Fsp3) is 0.100. The Labute approximate surface area is 218 Å². The SMILES string of the molecule is Cc1ccc(-c2[c-]ccc3c2oc2ncccc23)nc1.Cc1cnc(-c2[c-]cccc2)cc1C.[Ir]. The summed E-state index contributed by atoms with van der Waals surface area (Å²) in [4.78, 5) is 13.1. The number of benzene rings is 2. The molecule has 6 aromatic rings. The zero-order valence-corrected chi connectivity index (χ0v) is 22.1. The second-order valence-corrected chi connectivity index (χ2v) is 8.20. The van der Waals surface area contributed by atoms with Gasteiger partial charge in [0, 0.05) is 44.1 Å². The molecule has 4 heterocycles. The predicted octanol–water partition coefficient (Wildman–Crippen LogP) is 7.31. The summed E-state index contributed by atoms with van der Waals surface area (Å²) in [6.45, 7) is 6.19. The van der Waals surface area contributed by atoms with Crippen molar-refractivity contribution in [2.45, 2.75) is 20.8 Å². The molecule has 0 aliphatic carbocycles. The van der Waals surface area contributed by atoms with Gasteiger partial charge in [0.05, 0.1) is 5.58 Å². The van der Waals surface area contributed by atoms with Gasteiger partial charge < -0.3 is 14.4 Å². The van der Waals surface area contributed by atoms with E-state index in [-0.39, 0.29) is 20.1 Å². The van der Waals surface area contributed by atoms with E-state index in [1.807, 2.05) is 80.0 Å². The first-order chi connectivity index (χ1) is 16.6. The van der Waals surface area contributed by atoms with Gasteiger partial charge in [-0.25, -0.2) is 4.98 Å². The second-order valence-electron chi connectivity index (χ2n) is 8.20. The number of aromatic nitrogens is 3. The largest absolute Gasteiger partial charge is 0.486 e. The number of nitrogens with zero attached hydrogens (tertiary/aromatic N) is 3. The van der Waals surface area contributed by atoms with E-state index >= 15 is 0 Å². The first-order valence-electron chi connectivity index (χ1n) is 11.1. The fourth-order valence-corrected chi connectivity index (χ4v) is 3.71. The van der Waals surface area contributed by atoms with Crippen LogP contribution >= 0.6 is 0 Å². The number of fused-ring (bicyclic) bond motifs is 3. The predicted molar refractivity (Wildman–Crippen MR) is 136 cm³/mol. The average molecular weight is 634 g/mol. The summed E-state index contributed by atoms with van der Waals surface area (Å²) >= 11 is 0. The first kappa shape index (κ1) is 24.5. The Bertz CT molecular complexity index is 1580. The number of rotatable bonds is 2. The van der Waals surface area contributed by atoms with Gasteiger partial charge in [-0.3, -0.25) is 0 Å². The molecule has 4 aromatic heterocycles. The second kappa shape index (κ2) is 10.7. The van der Waals surface area contributed by atoms with Crippen LogP contribution in [0, 0.1) is 32.9 Å². The number of hydrogen-bond donors (Lipinski definition) is 0. The molecule has 0 saturated heterocycles. The van der Waals surface area contributed by atoms with Gasteiger partial charge in [-0.15, -0.1) is 54.1 Å². The van der Waals surface area contributed by atoms with Gasteiger partial charge in [0.15, 0.2) is 0 Å². The minimum atomic E-state index is 0. The van der Waals surface area contributed by atoms with Crippen molar-refractivity contribution in [1.29, 1.82) is 0 Å². The van der Waals surface area contributed by atoms with Crippen molar-refractivity contribution in [3.63, 3.8) is 0 Å². The van der Waals surface area contributed by atoms with Gasteiger partial charge >= 0.3 is 0 Å². The standard InChI is InChI=1S/C17H11N2O.C13H12N.Ir/c1-11-7-8-15(19-10-11)14-5-2-4-12-13-6-3-9-18-17(13)20-16(12)14;1-10-8-13(14-9-11(10)2)12-6-4-3-5-7-12;/h2-4,6-10H,1H3;3-6,8-9H,1-2H3;/q2*-1;. The van der Waals surface area contributed by atoms with Gasteiger partial charge in [-0.1, -0.05) is 34.7 Å². The van der Waals surface area contributed by atoms with Gasteiger partial charge in [0.2, 0.25) is 5.71 Å². The quantitative estimate of drug-likeness (QED) is 0.188. The molecule has 0 aliphatic rings. The Balaban J connectivity index is 0.000000171. The van der Waals surface area contributed by atoms with Crippen molar-refractivity contribution in [2.75, 3.05) is 0 Å². The van der Waals surface area contributed by atoms with E-state index in [0.29, 0.717) is 5.71 Å². The zero-order valence-electron chi connectivity index (χ0n) is 19.7. The van der Waals surface area contributed by atoms with Crippen LogP contribution in [0.25, 0.3) is 44.6 Å². The Kier molecular flexibility index (Phi) is 7.50. The van der Waals surface area contributed by atoms with Crippen molar-refractivity contribution < 1.29 is 24.5 Å². The Morgan fingerprint density at radius 1 is 0.714 bits per heavy atom. The van der Waals surface area contributed by atoms with Crippen LogP contribution < -0.4 is 0 Å². The van der Waals surface area contributed by atoms with Crippen LogP contribution in [0.2, 0.25) is 0 Å². The third-order valence-electron chi connectivity index (χ3n) is 5.73. The third-order valence-corrected chi connectivity index (χ3v) is 5.73. The summed E-state index contributed by atoms with van der Waals surface area (Å²) in [6.07, 6.45) is 5.49. The zero-order chi connectivity index (χ0) is 23.5. The normalized spacial score (nSPS) is 10.5. The van der Waals surface area contributed by atoms with Crippen molar-refractivity contribution >= 4 is 22.1 Å². The molecule has 175 valence electrons. The van der Waals surface area contributed by atoms with Crippen LogP contribution in [0.4, 0.5) is 0 Å². The molecule has 0 N–H and O–H groups in total. The maximum absolute atomic E-state index is 5.89. The van der Waals surface area contributed by atoms with E-state index in [1.54, 1.807) is 6.20 Å². The molecule has 0 aliphatic heterocycles. The Hall–Kier alpha value is -3.66. The molecule has 35 heavy (non-hydrogen) atoms. The van der Waals surface area contributed by atoms with Crippen LogP contribution in [0.5, 0.6) is 0 Å². The molecular weight excluding hydrogens is 611 g/mol. The molecule has 0 atom stereocenters. The summed E-state index contributed by atoms with van der Waals surface area (Å²) in [5, 5.41) is 2.06. The maximum atomic E-state index is 5.89. The van der Waals surface area contributed by atoms with Crippen LogP contribution in [0.15, 0.2) is 89.7 Å². The molecule has 1 radical (unpaired) electrons. The average Bonchev–Trinajstić information content (AvgIpc) is 3.26. The minimum Gasteiger partial charge on any atom is -0.486 e. The number of hydrogen-bond acceptors (Lipinski definition) is 4. The Morgan fingerprint density at radius 3 is 2.31 bits per heavy atom. The first-order valence-corrected chi connectivity index (χ1v) is 11.1. The molecule has 4 nitrogen and oxygen atoms in total. The summed E-state index contributed by atoms with van der Waals surface area (Å²) in [5.74, 6) is 0. The van der Waals surface area contributed by atoms with Crippen molar-refractivity contribution in [1.82, 2.24) is 15.0 Å². The van der Waals surface area contributed by atoms with Gasteiger partial charge in [0.25, 0.3) is 0 Å². The molecule has 5 heteroatoms. The smallest absolute Gasteiger partial charge is 0.216 e. The van der Waals surface area contributed by atoms with E-state index in [4.69, 9.17) is 4.42 Å². The third kappa shape index (κ3) is 5.22. The monoisotopic (exact) mass is 634 g/mol. The fourth-order valence-electron chi connectivity index (χ4n) is 3.71. The molecular formula is C30H23IrN3O-2. The molecule has 0 fully saturated rings. The van der Waals surface area contributed by atoms with E-state index in [0.717, 1.165) is 44.4 Å². The van der Waals surface area contributed by atoms with E-state index in [9.17, 15) is 0 Å². The maximum Gasteiger partial charge on any atom is 0.216 e. The molecule has 0 spiro atoms. The summed E-state index contributed by atoms with van der Waals surface area (Å²) in [6, 6.07) is 28.2. The van der Waals surface area contributed by atoms with E-state index in [2.05, 4.69) is 47.0 Å². The van der Waals surface area contributed by atoms with Crippen LogP contribution in [-0.2, 0) is 20.1 Å². The number of pyridine rings is 3. The molecule has 6 rings (SSSR count). The molecule has 0 amide bonds. The van der Waals surface area contributed by atoms with Crippen LogP contribution in [0.1, 0.15) is 16.7 Å². The minimum absolute atomic E-state index is 0. The van der Waals surface area contributed by atoms with Crippen LogP contribution in [-0.4, -0.2) is 15.0 Å². The summed E-state index contributed by atoms with van der Waals surface area (Å²) in [5.41, 5.74) is 8.85. The summed E-state index contributed by atoms with van der Waals surface area (Å²) in [7, 11) is 0. The van der Waals surface area contributed by atoms with Gasteiger partial charge in [-0.2, -0.15) is 0 Å². The van der Waals surface area contributed by atoms with Crippen molar-refractivity contribution in [3.05, 3.63) is 114 Å². The number of furan rings is 1. The van der Waals surface area contributed by atoms with Crippen LogP contribution in [0.3, 0.4) is 0 Å².